The van der Waals surface area contributed by atoms with Crippen LogP contribution in [0.5, 0.6) is 0 Å². The number of fused-ring (bicyclic) bond motifs is 1. The van der Waals surface area contributed by atoms with Crippen LogP contribution in [0.4, 0.5) is 10.2 Å². The van der Waals surface area contributed by atoms with Gasteiger partial charge in [-0.15, -0.1) is 0 Å². The van der Waals surface area contributed by atoms with Gasteiger partial charge < -0.3 is 9.80 Å². The molecular weight excluding hydrogens is 359 g/mol. The maximum Gasteiger partial charge on any atom is 0.256 e. The topological polar surface area (TPSA) is 67.2 Å². The maximum atomic E-state index is 13.7. The standard InChI is InChI=1S/C20H23FN6O/c1-25(20(28)15-10-24-26(2)12-15)11-14-5-7-27(8-6-14)19-17-9-16(21)3-4-18(17)22-13-23-19/h3-4,9-10,12-14H,5-8,11H2,1-2H3. The van der Waals surface area contributed by atoms with Crippen LogP contribution in [0.25, 0.3) is 10.9 Å². The van der Waals surface area contributed by atoms with Gasteiger partial charge in [0, 0.05) is 45.3 Å². The van der Waals surface area contributed by atoms with Gasteiger partial charge in [0.15, 0.2) is 0 Å². The van der Waals surface area contributed by atoms with E-state index in [9.17, 15) is 9.18 Å². The predicted molar refractivity (Wildman–Crippen MR) is 105 cm³/mol. The summed E-state index contributed by atoms with van der Waals surface area (Å²) in [6, 6.07) is 4.60. The van der Waals surface area contributed by atoms with Gasteiger partial charge in [-0.1, -0.05) is 0 Å². The molecule has 0 unspecified atom stereocenters. The lowest BCUT2D eigenvalue weighted by Gasteiger charge is -2.34. The summed E-state index contributed by atoms with van der Waals surface area (Å²) in [5.74, 6) is 0.913. The third-order valence-electron chi connectivity index (χ3n) is 5.32. The predicted octanol–water partition coefficient (Wildman–Crippen LogP) is 2.49. The van der Waals surface area contributed by atoms with Gasteiger partial charge in [0.05, 0.1) is 17.3 Å². The monoisotopic (exact) mass is 382 g/mol. The van der Waals surface area contributed by atoms with Crippen LogP contribution in [0.15, 0.2) is 36.9 Å². The van der Waals surface area contributed by atoms with Crippen molar-refractivity contribution in [2.75, 3.05) is 31.6 Å². The van der Waals surface area contributed by atoms with Gasteiger partial charge in [-0.05, 0) is 37.0 Å². The lowest BCUT2D eigenvalue weighted by Crippen LogP contribution is -2.39. The highest BCUT2D eigenvalue weighted by atomic mass is 19.1. The minimum absolute atomic E-state index is 0.00667. The molecule has 1 aromatic carbocycles. The van der Waals surface area contributed by atoms with Crippen molar-refractivity contribution in [1.82, 2.24) is 24.6 Å². The van der Waals surface area contributed by atoms with Crippen molar-refractivity contribution in [2.45, 2.75) is 12.8 Å². The molecular formula is C20H23FN6O. The summed E-state index contributed by atoms with van der Waals surface area (Å²) in [5.41, 5.74) is 1.35. The molecule has 146 valence electrons. The first-order chi connectivity index (χ1) is 13.5. The van der Waals surface area contributed by atoms with E-state index in [4.69, 9.17) is 0 Å². The summed E-state index contributed by atoms with van der Waals surface area (Å²) in [6.07, 6.45) is 6.76. The van der Waals surface area contributed by atoms with E-state index in [-0.39, 0.29) is 11.7 Å². The highest BCUT2D eigenvalue weighted by Crippen LogP contribution is 2.28. The normalized spacial score (nSPS) is 15.2. The Kier molecular flexibility index (Phi) is 4.93. The summed E-state index contributed by atoms with van der Waals surface area (Å²) in [7, 11) is 3.64. The van der Waals surface area contributed by atoms with Gasteiger partial charge in [0.25, 0.3) is 5.91 Å². The Bertz CT molecular complexity index is 995. The molecule has 28 heavy (non-hydrogen) atoms. The first-order valence-corrected chi connectivity index (χ1v) is 9.40. The number of benzene rings is 1. The zero-order valence-electron chi connectivity index (χ0n) is 16.0. The molecule has 0 atom stereocenters. The number of aryl methyl sites for hydroxylation is 1. The highest BCUT2D eigenvalue weighted by molar-refractivity contribution is 5.93. The van der Waals surface area contributed by atoms with E-state index >= 15 is 0 Å². The summed E-state index contributed by atoms with van der Waals surface area (Å²) in [4.78, 5) is 25.1. The molecule has 0 saturated carbocycles. The van der Waals surface area contributed by atoms with Crippen molar-refractivity contribution in [3.63, 3.8) is 0 Å². The van der Waals surface area contributed by atoms with E-state index < -0.39 is 0 Å². The van der Waals surface area contributed by atoms with Crippen molar-refractivity contribution in [2.24, 2.45) is 13.0 Å². The zero-order chi connectivity index (χ0) is 19.7. The van der Waals surface area contributed by atoms with Crippen LogP contribution in [0.1, 0.15) is 23.2 Å². The molecule has 0 spiro atoms. The van der Waals surface area contributed by atoms with Crippen molar-refractivity contribution in [1.29, 1.82) is 0 Å². The van der Waals surface area contributed by atoms with Gasteiger partial charge in [0.1, 0.15) is 18.0 Å². The average Bonchev–Trinajstić information content (AvgIpc) is 3.14. The largest absolute Gasteiger partial charge is 0.356 e. The molecule has 0 bridgehead atoms. The third kappa shape index (κ3) is 3.67. The molecule has 1 aliphatic rings. The van der Waals surface area contributed by atoms with Crippen molar-refractivity contribution in [3.8, 4) is 0 Å². The van der Waals surface area contributed by atoms with Crippen LogP contribution >= 0.6 is 0 Å². The number of anilines is 1. The third-order valence-corrected chi connectivity index (χ3v) is 5.32. The molecule has 3 aromatic rings. The van der Waals surface area contributed by atoms with Crippen LogP contribution in [0, 0.1) is 11.7 Å². The minimum Gasteiger partial charge on any atom is -0.356 e. The molecule has 0 aliphatic carbocycles. The van der Waals surface area contributed by atoms with Crippen LogP contribution in [-0.4, -0.2) is 57.2 Å². The summed E-state index contributed by atoms with van der Waals surface area (Å²) >= 11 is 0. The fourth-order valence-corrected chi connectivity index (χ4v) is 3.82. The van der Waals surface area contributed by atoms with Gasteiger partial charge in [-0.3, -0.25) is 9.48 Å². The number of carbonyl (C=O) groups is 1. The maximum absolute atomic E-state index is 13.7. The Morgan fingerprint density at radius 2 is 2.07 bits per heavy atom. The van der Waals surface area contributed by atoms with Gasteiger partial charge in [0.2, 0.25) is 0 Å². The van der Waals surface area contributed by atoms with E-state index in [1.165, 1.54) is 18.5 Å². The van der Waals surface area contributed by atoms with Crippen LogP contribution in [0.3, 0.4) is 0 Å². The number of aromatic nitrogens is 4. The lowest BCUT2D eigenvalue weighted by atomic mass is 9.96. The van der Waals surface area contributed by atoms with E-state index in [1.807, 2.05) is 7.05 Å². The Labute approximate surface area is 162 Å². The first kappa shape index (κ1) is 18.3. The molecule has 4 rings (SSSR count). The number of hydrogen-bond acceptors (Lipinski definition) is 5. The minimum atomic E-state index is -0.283. The number of piperidine rings is 1. The number of halogens is 1. The number of rotatable bonds is 4. The number of carbonyl (C=O) groups excluding carboxylic acids is 1. The number of hydrogen-bond donors (Lipinski definition) is 0. The lowest BCUT2D eigenvalue weighted by molar-refractivity contribution is 0.0765. The SMILES string of the molecule is CN(CC1CCN(c2ncnc3ccc(F)cc23)CC1)C(=O)c1cnn(C)c1. The number of amides is 1. The summed E-state index contributed by atoms with van der Waals surface area (Å²) in [6.45, 7) is 2.35. The Morgan fingerprint density at radius 3 is 2.79 bits per heavy atom. The Morgan fingerprint density at radius 1 is 1.29 bits per heavy atom. The summed E-state index contributed by atoms with van der Waals surface area (Å²) < 4.78 is 15.3. The quantitative estimate of drug-likeness (QED) is 0.694. The van der Waals surface area contributed by atoms with E-state index in [1.54, 1.807) is 35.1 Å². The summed E-state index contributed by atoms with van der Waals surface area (Å²) in [5, 5.41) is 4.81. The van der Waals surface area contributed by atoms with E-state index in [0.717, 1.165) is 42.7 Å². The fraction of sp³-hybridized carbons (Fsp3) is 0.400. The second-order valence-corrected chi connectivity index (χ2v) is 7.38. The molecule has 0 N–H and O–H groups in total. The van der Waals surface area contributed by atoms with Crippen molar-refractivity contribution in [3.05, 3.63) is 48.3 Å². The van der Waals surface area contributed by atoms with Crippen LogP contribution in [0.2, 0.25) is 0 Å². The first-order valence-electron chi connectivity index (χ1n) is 9.40. The Balaban J connectivity index is 1.40. The van der Waals surface area contributed by atoms with Crippen molar-refractivity contribution < 1.29 is 9.18 Å². The smallest absolute Gasteiger partial charge is 0.256 e. The molecule has 3 heterocycles. The van der Waals surface area contributed by atoms with E-state index in [2.05, 4.69) is 20.0 Å². The number of nitrogens with zero attached hydrogens (tertiary/aromatic N) is 6. The highest BCUT2D eigenvalue weighted by Gasteiger charge is 2.24. The molecule has 1 fully saturated rings. The molecule has 7 nitrogen and oxygen atoms in total. The van der Waals surface area contributed by atoms with Gasteiger partial charge >= 0.3 is 0 Å². The van der Waals surface area contributed by atoms with Crippen molar-refractivity contribution >= 4 is 22.6 Å². The average molecular weight is 382 g/mol. The van der Waals surface area contributed by atoms with Crippen LogP contribution in [-0.2, 0) is 7.05 Å². The Hall–Kier alpha value is -3.03. The molecule has 8 heteroatoms. The molecule has 1 aliphatic heterocycles. The fourth-order valence-electron chi connectivity index (χ4n) is 3.82. The second kappa shape index (κ2) is 7.53. The van der Waals surface area contributed by atoms with Gasteiger partial charge in [-0.25, -0.2) is 14.4 Å². The molecule has 1 saturated heterocycles. The zero-order valence-corrected chi connectivity index (χ0v) is 16.0. The molecule has 2 aromatic heterocycles. The van der Waals surface area contributed by atoms with Crippen LogP contribution < -0.4 is 4.90 Å². The molecule has 0 radical (unpaired) electrons. The second-order valence-electron chi connectivity index (χ2n) is 7.38. The van der Waals surface area contributed by atoms with E-state index in [0.29, 0.717) is 18.0 Å². The van der Waals surface area contributed by atoms with Gasteiger partial charge in [-0.2, -0.15) is 5.10 Å². The molecule has 1 amide bonds.